The molecule has 13 heavy (non-hydrogen) atoms. The molecule has 0 aromatic heterocycles. The van der Waals surface area contributed by atoms with Crippen molar-refractivity contribution >= 4 is 0 Å². The van der Waals surface area contributed by atoms with Gasteiger partial charge in [0.1, 0.15) is 0 Å². The van der Waals surface area contributed by atoms with E-state index in [0.29, 0.717) is 18.6 Å². The lowest BCUT2D eigenvalue weighted by molar-refractivity contribution is 0.0691. The first kappa shape index (κ1) is 11.0. The van der Waals surface area contributed by atoms with Gasteiger partial charge >= 0.3 is 0 Å². The Morgan fingerprint density at radius 3 is 2.92 bits per heavy atom. The molecule has 2 N–H and O–H groups in total. The molecule has 0 amide bonds. The molecule has 1 fully saturated rings. The smallest absolute Gasteiger partial charge is 0.0621 e. The van der Waals surface area contributed by atoms with Gasteiger partial charge in [0.05, 0.1) is 12.7 Å². The van der Waals surface area contributed by atoms with Crippen molar-refractivity contribution in [2.75, 3.05) is 19.8 Å². The molecule has 0 bridgehead atoms. The molecule has 0 aliphatic carbocycles. The molecule has 3 nitrogen and oxygen atoms in total. The van der Waals surface area contributed by atoms with E-state index in [2.05, 4.69) is 13.8 Å². The highest BCUT2D eigenvalue weighted by Gasteiger charge is 2.29. The lowest BCUT2D eigenvalue weighted by atomic mass is 9.95. The van der Waals surface area contributed by atoms with E-state index in [9.17, 15) is 0 Å². The van der Waals surface area contributed by atoms with Crippen molar-refractivity contribution in [2.24, 2.45) is 11.7 Å². The molecule has 1 aliphatic rings. The van der Waals surface area contributed by atoms with Crippen LogP contribution in [0.25, 0.3) is 0 Å². The van der Waals surface area contributed by atoms with Crippen molar-refractivity contribution in [3.63, 3.8) is 0 Å². The first-order valence-electron chi connectivity index (χ1n) is 5.20. The zero-order valence-electron chi connectivity index (χ0n) is 8.66. The van der Waals surface area contributed by atoms with Crippen LogP contribution in [0.3, 0.4) is 0 Å². The zero-order chi connectivity index (χ0) is 9.68. The zero-order valence-corrected chi connectivity index (χ0v) is 8.66. The van der Waals surface area contributed by atoms with Crippen LogP contribution in [-0.4, -0.2) is 32.0 Å². The fourth-order valence-corrected chi connectivity index (χ4v) is 1.80. The number of hydrogen-bond donors (Lipinski definition) is 1. The molecule has 1 saturated heterocycles. The molecule has 3 unspecified atom stereocenters. The lowest BCUT2D eigenvalue weighted by Crippen LogP contribution is -2.38. The topological polar surface area (TPSA) is 44.5 Å². The summed E-state index contributed by atoms with van der Waals surface area (Å²) in [6.45, 7) is 6.54. The van der Waals surface area contributed by atoms with Crippen LogP contribution >= 0.6 is 0 Å². The third-order valence-electron chi connectivity index (χ3n) is 2.64. The lowest BCUT2D eigenvalue weighted by Gasteiger charge is -2.21. The number of hydrogen-bond acceptors (Lipinski definition) is 3. The summed E-state index contributed by atoms with van der Waals surface area (Å²) in [4.78, 5) is 0. The molecular weight excluding hydrogens is 166 g/mol. The van der Waals surface area contributed by atoms with E-state index in [1.165, 1.54) is 0 Å². The van der Waals surface area contributed by atoms with Crippen molar-refractivity contribution in [1.82, 2.24) is 0 Å². The predicted octanol–water partition coefficient (Wildman–Crippen LogP) is 1.17. The van der Waals surface area contributed by atoms with Gasteiger partial charge in [-0.15, -0.1) is 0 Å². The normalized spacial score (nSPS) is 30.7. The number of nitrogens with two attached hydrogens (primary N) is 1. The van der Waals surface area contributed by atoms with Crippen LogP contribution in [0.1, 0.15) is 26.7 Å². The summed E-state index contributed by atoms with van der Waals surface area (Å²) in [7, 11) is 0. The third-order valence-corrected chi connectivity index (χ3v) is 2.64. The largest absolute Gasteiger partial charge is 0.380 e. The van der Waals surface area contributed by atoms with Gasteiger partial charge in [-0.05, 0) is 19.8 Å². The van der Waals surface area contributed by atoms with E-state index in [1.54, 1.807) is 0 Å². The summed E-state index contributed by atoms with van der Waals surface area (Å²) < 4.78 is 10.9. The Morgan fingerprint density at radius 2 is 2.38 bits per heavy atom. The van der Waals surface area contributed by atoms with Crippen molar-refractivity contribution in [2.45, 2.75) is 38.8 Å². The Labute approximate surface area is 80.6 Å². The summed E-state index contributed by atoms with van der Waals surface area (Å²) in [5.41, 5.74) is 6.01. The van der Waals surface area contributed by atoms with Gasteiger partial charge in [-0.25, -0.2) is 0 Å². The predicted molar refractivity (Wildman–Crippen MR) is 52.6 cm³/mol. The molecule has 1 rings (SSSR count). The SMILES string of the molecule is CCCOCC(N)C1CCOC1C. The van der Waals surface area contributed by atoms with E-state index in [-0.39, 0.29) is 6.04 Å². The van der Waals surface area contributed by atoms with E-state index in [0.717, 1.165) is 26.1 Å². The Morgan fingerprint density at radius 1 is 1.62 bits per heavy atom. The van der Waals surface area contributed by atoms with Crippen LogP contribution in [0.15, 0.2) is 0 Å². The molecule has 3 atom stereocenters. The average Bonchev–Trinajstić information content (AvgIpc) is 2.52. The van der Waals surface area contributed by atoms with Gasteiger partial charge < -0.3 is 15.2 Å². The fourth-order valence-electron chi connectivity index (χ4n) is 1.80. The molecule has 78 valence electrons. The monoisotopic (exact) mass is 187 g/mol. The highest BCUT2D eigenvalue weighted by molar-refractivity contribution is 4.81. The van der Waals surface area contributed by atoms with E-state index >= 15 is 0 Å². The molecule has 0 aromatic rings. The highest BCUT2D eigenvalue weighted by atomic mass is 16.5. The van der Waals surface area contributed by atoms with Gasteiger partial charge in [0.2, 0.25) is 0 Å². The molecule has 1 aliphatic heterocycles. The minimum absolute atomic E-state index is 0.143. The first-order chi connectivity index (χ1) is 6.25. The molecule has 1 heterocycles. The third kappa shape index (κ3) is 3.25. The maximum absolute atomic E-state index is 6.01. The van der Waals surface area contributed by atoms with E-state index in [1.807, 2.05) is 0 Å². The van der Waals surface area contributed by atoms with Crippen LogP contribution in [0.4, 0.5) is 0 Å². The molecule has 0 aromatic carbocycles. The summed E-state index contributed by atoms with van der Waals surface area (Å²) >= 11 is 0. The van der Waals surface area contributed by atoms with Gasteiger partial charge in [0.15, 0.2) is 0 Å². The van der Waals surface area contributed by atoms with E-state index in [4.69, 9.17) is 15.2 Å². The minimum atomic E-state index is 0.143. The minimum Gasteiger partial charge on any atom is -0.380 e. The summed E-state index contributed by atoms with van der Waals surface area (Å²) in [6.07, 6.45) is 2.45. The van der Waals surface area contributed by atoms with Crippen molar-refractivity contribution in [1.29, 1.82) is 0 Å². The van der Waals surface area contributed by atoms with Crippen LogP contribution in [0.5, 0.6) is 0 Å². The van der Waals surface area contributed by atoms with Crippen LogP contribution in [0.2, 0.25) is 0 Å². The highest BCUT2D eigenvalue weighted by Crippen LogP contribution is 2.22. The quantitative estimate of drug-likeness (QED) is 0.657. The maximum atomic E-state index is 6.01. The molecule has 3 heteroatoms. The standard InChI is InChI=1S/C10H21NO2/c1-3-5-12-7-10(11)9-4-6-13-8(9)2/h8-10H,3-7,11H2,1-2H3. The molecular formula is C10H21NO2. The molecule has 0 saturated carbocycles. The van der Waals surface area contributed by atoms with Gasteiger partial charge in [-0.2, -0.15) is 0 Å². The van der Waals surface area contributed by atoms with Gasteiger partial charge in [0.25, 0.3) is 0 Å². The van der Waals surface area contributed by atoms with Gasteiger partial charge in [0, 0.05) is 25.2 Å². The second kappa shape index (κ2) is 5.58. The Bertz CT molecular complexity index is 141. The Balaban J connectivity index is 2.18. The number of ether oxygens (including phenoxy) is 2. The van der Waals surface area contributed by atoms with Crippen molar-refractivity contribution in [3.05, 3.63) is 0 Å². The first-order valence-corrected chi connectivity index (χ1v) is 5.20. The second-order valence-corrected chi connectivity index (χ2v) is 3.77. The van der Waals surface area contributed by atoms with Crippen LogP contribution < -0.4 is 5.73 Å². The Kier molecular flexibility index (Phi) is 4.70. The Hall–Kier alpha value is -0.120. The van der Waals surface area contributed by atoms with Crippen LogP contribution in [-0.2, 0) is 9.47 Å². The fraction of sp³-hybridized carbons (Fsp3) is 1.00. The van der Waals surface area contributed by atoms with Crippen LogP contribution in [0, 0.1) is 5.92 Å². The maximum Gasteiger partial charge on any atom is 0.0621 e. The van der Waals surface area contributed by atoms with Gasteiger partial charge in [-0.1, -0.05) is 6.92 Å². The summed E-state index contributed by atoms with van der Waals surface area (Å²) in [5, 5.41) is 0. The van der Waals surface area contributed by atoms with Crippen molar-refractivity contribution in [3.8, 4) is 0 Å². The van der Waals surface area contributed by atoms with E-state index < -0.39 is 0 Å². The number of rotatable bonds is 5. The second-order valence-electron chi connectivity index (χ2n) is 3.77. The van der Waals surface area contributed by atoms with Crippen molar-refractivity contribution < 1.29 is 9.47 Å². The molecule has 0 spiro atoms. The van der Waals surface area contributed by atoms with Gasteiger partial charge in [-0.3, -0.25) is 0 Å². The summed E-state index contributed by atoms with van der Waals surface area (Å²) in [6, 6.07) is 0.143. The summed E-state index contributed by atoms with van der Waals surface area (Å²) in [5.74, 6) is 0.483. The average molecular weight is 187 g/mol. The molecule has 0 radical (unpaired) electrons.